The third-order valence-electron chi connectivity index (χ3n) is 3.12. The molecule has 6 nitrogen and oxygen atoms in total. The molecule has 0 saturated heterocycles. The van der Waals surface area contributed by atoms with Crippen molar-refractivity contribution in [1.82, 2.24) is 10.2 Å². The Balaban J connectivity index is 4.21. The van der Waals surface area contributed by atoms with Crippen molar-refractivity contribution in [3.63, 3.8) is 0 Å². The first kappa shape index (κ1) is 18.7. The number of likely N-dealkylation sites (N-methyl/N-ethyl adjacent to an activating group) is 1. The molecule has 0 aliphatic rings. The van der Waals surface area contributed by atoms with Crippen molar-refractivity contribution in [1.29, 1.82) is 0 Å². The van der Waals surface area contributed by atoms with E-state index in [0.29, 0.717) is 13.1 Å². The van der Waals surface area contributed by atoms with Gasteiger partial charge in [-0.15, -0.1) is 0 Å². The summed E-state index contributed by atoms with van der Waals surface area (Å²) in [6.45, 7) is 11.6. The van der Waals surface area contributed by atoms with Crippen LogP contribution in [-0.4, -0.2) is 48.2 Å². The Morgan fingerprint density at radius 1 is 1.25 bits per heavy atom. The largest absolute Gasteiger partial charge is 0.444 e. The zero-order valence-electron chi connectivity index (χ0n) is 13.7. The first-order valence-electron chi connectivity index (χ1n) is 6.89. The maximum Gasteiger partial charge on any atom is 0.407 e. The molecule has 0 aromatic rings. The molecule has 0 bridgehead atoms. The van der Waals surface area contributed by atoms with Crippen LogP contribution in [0.3, 0.4) is 0 Å². The first-order chi connectivity index (χ1) is 8.88. The van der Waals surface area contributed by atoms with Crippen LogP contribution in [0.4, 0.5) is 4.79 Å². The van der Waals surface area contributed by atoms with Crippen molar-refractivity contribution in [3.05, 3.63) is 0 Å². The van der Waals surface area contributed by atoms with Crippen LogP contribution in [0.5, 0.6) is 0 Å². The molecule has 20 heavy (non-hydrogen) atoms. The van der Waals surface area contributed by atoms with Gasteiger partial charge in [0.25, 0.3) is 0 Å². The molecule has 118 valence electrons. The Labute approximate surface area is 122 Å². The third kappa shape index (κ3) is 6.23. The molecular weight excluding hydrogens is 258 g/mol. The minimum absolute atomic E-state index is 0.0382. The minimum Gasteiger partial charge on any atom is -0.444 e. The van der Waals surface area contributed by atoms with Gasteiger partial charge in [-0.05, 0) is 33.6 Å². The summed E-state index contributed by atoms with van der Waals surface area (Å²) >= 11 is 0. The van der Waals surface area contributed by atoms with Gasteiger partial charge in [0.1, 0.15) is 5.60 Å². The molecule has 6 heteroatoms. The smallest absolute Gasteiger partial charge is 0.407 e. The van der Waals surface area contributed by atoms with E-state index in [0.717, 1.165) is 0 Å². The van der Waals surface area contributed by atoms with Crippen LogP contribution < -0.4 is 11.1 Å². The molecule has 0 spiro atoms. The SMILES string of the molecule is CC(C)[C@](C)(N)C(=O)N(C)CCNC(=O)OC(C)(C)C. The Morgan fingerprint density at radius 3 is 2.15 bits per heavy atom. The lowest BCUT2D eigenvalue weighted by atomic mass is 9.88. The molecule has 0 aliphatic carbocycles. The summed E-state index contributed by atoms with van der Waals surface area (Å²) in [7, 11) is 1.67. The maximum atomic E-state index is 12.2. The van der Waals surface area contributed by atoms with Crippen LogP contribution in [0.15, 0.2) is 0 Å². The third-order valence-corrected chi connectivity index (χ3v) is 3.12. The summed E-state index contributed by atoms with van der Waals surface area (Å²) in [6.07, 6.45) is -0.488. The molecule has 0 unspecified atom stereocenters. The van der Waals surface area contributed by atoms with Crippen LogP contribution in [0.2, 0.25) is 0 Å². The van der Waals surface area contributed by atoms with Crippen molar-refractivity contribution in [2.45, 2.75) is 52.7 Å². The van der Waals surface area contributed by atoms with E-state index < -0.39 is 17.2 Å². The van der Waals surface area contributed by atoms with E-state index in [4.69, 9.17) is 10.5 Å². The number of carbonyl (C=O) groups excluding carboxylic acids is 2. The van der Waals surface area contributed by atoms with E-state index in [1.165, 1.54) is 4.90 Å². The summed E-state index contributed by atoms with van der Waals surface area (Å²) in [4.78, 5) is 25.1. The number of hydrogen-bond acceptors (Lipinski definition) is 4. The van der Waals surface area contributed by atoms with Crippen LogP contribution in [-0.2, 0) is 9.53 Å². The van der Waals surface area contributed by atoms with Gasteiger partial charge >= 0.3 is 6.09 Å². The topological polar surface area (TPSA) is 84.7 Å². The van der Waals surface area contributed by atoms with Crippen molar-refractivity contribution in [3.8, 4) is 0 Å². The molecule has 0 aromatic heterocycles. The normalized spacial score (nSPS) is 14.7. The summed E-state index contributed by atoms with van der Waals surface area (Å²) < 4.78 is 5.11. The van der Waals surface area contributed by atoms with Gasteiger partial charge in [0.2, 0.25) is 5.91 Å². The zero-order chi connectivity index (χ0) is 16.1. The second-order valence-corrected chi connectivity index (χ2v) is 6.59. The fraction of sp³-hybridized carbons (Fsp3) is 0.857. The van der Waals surface area contributed by atoms with E-state index in [1.54, 1.807) is 34.7 Å². The lowest BCUT2D eigenvalue weighted by Crippen LogP contribution is -2.56. The maximum absolute atomic E-state index is 12.2. The summed E-state index contributed by atoms with van der Waals surface area (Å²) in [5, 5.41) is 2.61. The molecule has 0 heterocycles. The predicted molar refractivity (Wildman–Crippen MR) is 79.3 cm³/mol. The van der Waals surface area contributed by atoms with Crippen LogP contribution in [0.1, 0.15) is 41.5 Å². The first-order valence-corrected chi connectivity index (χ1v) is 6.89. The van der Waals surface area contributed by atoms with E-state index in [1.807, 2.05) is 13.8 Å². The number of nitrogens with one attached hydrogen (secondary N) is 1. The standard InChI is InChI=1S/C14H29N3O3/c1-10(2)14(6,15)11(18)17(7)9-8-16-12(19)20-13(3,4)5/h10H,8-9,15H2,1-7H3,(H,16,19)/t14-/m0/s1. The molecule has 0 rings (SSSR count). The van der Waals surface area contributed by atoms with Crippen molar-refractivity contribution >= 4 is 12.0 Å². The number of ether oxygens (including phenoxy) is 1. The highest BCUT2D eigenvalue weighted by molar-refractivity contribution is 5.85. The molecular formula is C14H29N3O3. The predicted octanol–water partition coefficient (Wildman–Crippen LogP) is 1.34. The summed E-state index contributed by atoms with van der Waals surface area (Å²) in [6, 6.07) is 0. The second-order valence-electron chi connectivity index (χ2n) is 6.59. The highest BCUT2D eigenvalue weighted by Gasteiger charge is 2.34. The van der Waals surface area contributed by atoms with Crippen molar-refractivity contribution in [2.75, 3.05) is 20.1 Å². The molecule has 1 atom stereocenters. The summed E-state index contributed by atoms with van der Waals surface area (Å²) in [5.74, 6) is -0.102. The van der Waals surface area contributed by atoms with Gasteiger partial charge in [-0.1, -0.05) is 13.8 Å². The molecule has 0 aromatic carbocycles. The fourth-order valence-corrected chi connectivity index (χ4v) is 1.40. The minimum atomic E-state index is -0.902. The van der Waals surface area contributed by atoms with Crippen molar-refractivity contribution < 1.29 is 14.3 Å². The zero-order valence-corrected chi connectivity index (χ0v) is 13.7. The van der Waals surface area contributed by atoms with E-state index in [2.05, 4.69) is 5.32 Å². The highest BCUT2D eigenvalue weighted by Crippen LogP contribution is 2.15. The number of nitrogens with zero attached hydrogens (tertiary/aromatic N) is 1. The average Bonchev–Trinajstić information content (AvgIpc) is 2.24. The molecule has 2 amide bonds. The van der Waals surface area contributed by atoms with Gasteiger partial charge in [0.15, 0.2) is 0 Å². The van der Waals surface area contributed by atoms with E-state index >= 15 is 0 Å². The van der Waals surface area contributed by atoms with Gasteiger partial charge in [0, 0.05) is 20.1 Å². The van der Waals surface area contributed by atoms with Crippen LogP contribution >= 0.6 is 0 Å². The van der Waals surface area contributed by atoms with E-state index in [-0.39, 0.29) is 11.8 Å². The highest BCUT2D eigenvalue weighted by atomic mass is 16.6. The number of rotatable bonds is 5. The van der Waals surface area contributed by atoms with Crippen LogP contribution in [0.25, 0.3) is 0 Å². The quantitative estimate of drug-likeness (QED) is 0.799. The number of amides is 2. The fourth-order valence-electron chi connectivity index (χ4n) is 1.40. The van der Waals surface area contributed by atoms with Crippen molar-refractivity contribution in [2.24, 2.45) is 11.7 Å². The summed E-state index contributed by atoms with van der Waals surface area (Å²) in [5.41, 5.74) is 4.58. The van der Waals surface area contributed by atoms with Crippen LogP contribution in [0, 0.1) is 5.92 Å². The number of hydrogen-bond donors (Lipinski definition) is 2. The lowest BCUT2D eigenvalue weighted by molar-refractivity contribution is -0.136. The second kappa shape index (κ2) is 6.92. The van der Waals surface area contributed by atoms with Gasteiger partial charge in [-0.2, -0.15) is 0 Å². The monoisotopic (exact) mass is 287 g/mol. The molecule has 0 saturated carbocycles. The molecule has 3 N–H and O–H groups in total. The Morgan fingerprint density at radius 2 is 1.75 bits per heavy atom. The number of nitrogens with two attached hydrogens (primary N) is 1. The number of alkyl carbamates (subject to hydrolysis) is 1. The van der Waals surface area contributed by atoms with Gasteiger partial charge in [-0.25, -0.2) is 4.79 Å². The Kier molecular flexibility index (Phi) is 6.47. The van der Waals surface area contributed by atoms with Gasteiger partial charge in [-0.3, -0.25) is 4.79 Å². The van der Waals surface area contributed by atoms with E-state index in [9.17, 15) is 9.59 Å². The molecule has 0 fully saturated rings. The Hall–Kier alpha value is -1.30. The lowest BCUT2D eigenvalue weighted by Gasteiger charge is -2.32. The number of carbonyl (C=O) groups is 2. The Bertz CT molecular complexity index is 346. The average molecular weight is 287 g/mol. The van der Waals surface area contributed by atoms with Gasteiger partial charge < -0.3 is 20.7 Å². The molecule has 0 radical (unpaired) electrons. The van der Waals surface area contributed by atoms with Gasteiger partial charge in [0.05, 0.1) is 5.54 Å². The molecule has 0 aliphatic heterocycles.